The molecule has 9 heteroatoms. The van der Waals surface area contributed by atoms with Gasteiger partial charge in [0.2, 0.25) is 4.96 Å². The highest BCUT2D eigenvalue weighted by molar-refractivity contribution is 7.89. The predicted molar refractivity (Wildman–Crippen MR) is 96.7 cm³/mol. The monoisotopic (exact) mass is 380 g/mol. The van der Waals surface area contributed by atoms with Crippen molar-refractivity contribution in [3.63, 3.8) is 0 Å². The van der Waals surface area contributed by atoms with Gasteiger partial charge >= 0.3 is 0 Å². The molecule has 3 rings (SSSR count). The van der Waals surface area contributed by atoms with Crippen LogP contribution in [0, 0.1) is 13.8 Å². The van der Waals surface area contributed by atoms with Gasteiger partial charge in [-0.05, 0) is 38.0 Å². The molecule has 0 amide bonds. The van der Waals surface area contributed by atoms with Gasteiger partial charge in [0.25, 0.3) is 10.0 Å². The summed E-state index contributed by atoms with van der Waals surface area (Å²) in [4.78, 5) is 4.89. The van der Waals surface area contributed by atoms with Gasteiger partial charge in [-0.15, -0.1) is 0 Å². The van der Waals surface area contributed by atoms with E-state index in [2.05, 4.69) is 14.8 Å². The molecule has 0 aliphatic carbocycles. The Morgan fingerprint density at radius 1 is 1.28 bits per heavy atom. The van der Waals surface area contributed by atoms with Crippen molar-refractivity contribution in [2.24, 2.45) is 0 Å². The lowest BCUT2D eigenvalue weighted by atomic mass is 10.1. The first-order valence-corrected chi connectivity index (χ1v) is 10.1. The zero-order chi connectivity index (χ0) is 18.2. The first-order valence-electron chi connectivity index (χ1n) is 7.84. The molecule has 1 N–H and O–H groups in total. The summed E-state index contributed by atoms with van der Waals surface area (Å²) in [5, 5.41) is 5.13. The maximum absolute atomic E-state index is 13.0. The molecule has 0 spiro atoms. The molecular formula is C16H20N4O3S2. The van der Waals surface area contributed by atoms with Crippen molar-refractivity contribution in [1.82, 2.24) is 19.3 Å². The van der Waals surface area contributed by atoms with Crippen molar-refractivity contribution in [1.29, 1.82) is 0 Å². The van der Waals surface area contributed by atoms with Gasteiger partial charge in [0.15, 0.2) is 5.03 Å². The summed E-state index contributed by atoms with van der Waals surface area (Å²) in [6.45, 7) is 5.44. The maximum Gasteiger partial charge on any atom is 0.260 e. The van der Waals surface area contributed by atoms with E-state index in [0.717, 1.165) is 16.3 Å². The van der Waals surface area contributed by atoms with Gasteiger partial charge in [-0.3, -0.25) is 0 Å². The number of ether oxygens (including phenoxy) is 1. The smallest absolute Gasteiger partial charge is 0.260 e. The van der Waals surface area contributed by atoms with Crippen LogP contribution >= 0.6 is 11.3 Å². The van der Waals surface area contributed by atoms with Crippen molar-refractivity contribution >= 4 is 26.3 Å². The maximum atomic E-state index is 13.0. The normalized spacial score (nSPS) is 13.3. The number of fused-ring (bicyclic) bond motifs is 1. The van der Waals surface area contributed by atoms with Gasteiger partial charge in [0.05, 0.1) is 12.8 Å². The van der Waals surface area contributed by atoms with Crippen LogP contribution < -0.4 is 9.46 Å². The molecule has 1 atom stereocenters. The molecule has 0 unspecified atom stereocenters. The molecule has 0 radical (unpaired) electrons. The van der Waals surface area contributed by atoms with E-state index in [9.17, 15) is 8.42 Å². The first kappa shape index (κ1) is 17.8. The Labute approximate surface area is 150 Å². The van der Waals surface area contributed by atoms with Crippen LogP contribution in [0.5, 0.6) is 5.75 Å². The second-order valence-corrected chi connectivity index (χ2v) is 8.46. The third kappa shape index (κ3) is 3.39. The number of nitrogens with zero attached hydrogens (tertiary/aromatic N) is 3. The van der Waals surface area contributed by atoms with E-state index in [-0.39, 0.29) is 11.1 Å². The van der Waals surface area contributed by atoms with Crippen LogP contribution in [0.3, 0.4) is 0 Å². The third-order valence-corrected chi connectivity index (χ3v) is 6.30. The van der Waals surface area contributed by atoms with Gasteiger partial charge < -0.3 is 4.74 Å². The van der Waals surface area contributed by atoms with Crippen LogP contribution in [0.15, 0.2) is 29.3 Å². The van der Waals surface area contributed by atoms with Crippen molar-refractivity contribution in [2.45, 2.75) is 38.3 Å². The quantitative estimate of drug-likeness (QED) is 0.711. The zero-order valence-corrected chi connectivity index (χ0v) is 16.1. The Balaban J connectivity index is 1.96. The number of rotatable bonds is 6. The number of methoxy groups -OCH3 is 1. The molecule has 0 saturated carbocycles. The van der Waals surface area contributed by atoms with E-state index in [1.54, 1.807) is 14.0 Å². The molecule has 0 fully saturated rings. The Morgan fingerprint density at radius 3 is 2.56 bits per heavy atom. The standard InChI is InChI=1S/C16H20N4O3S2/c1-5-14(12-6-8-13(23-4)9-7-12)19-25(21,22)15-10(2)17-16-20(15)18-11(3)24-16/h6-9,14,19H,5H2,1-4H3/t14-/m1/s1. The Morgan fingerprint density at radius 2 is 1.96 bits per heavy atom. The van der Waals surface area contributed by atoms with Gasteiger partial charge in [-0.1, -0.05) is 30.4 Å². The van der Waals surface area contributed by atoms with E-state index < -0.39 is 10.0 Å². The van der Waals surface area contributed by atoms with Crippen LogP contribution in [0.2, 0.25) is 0 Å². The summed E-state index contributed by atoms with van der Waals surface area (Å²) < 4.78 is 35.3. The number of nitrogens with one attached hydrogen (secondary N) is 1. The number of aryl methyl sites for hydroxylation is 2. The minimum Gasteiger partial charge on any atom is -0.497 e. The molecule has 2 aromatic heterocycles. The lowest BCUT2D eigenvalue weighted by Crippen LogP contribution is -2.30. The van der Waals surface area contributed by atoms with Crippen LogP contribution in [0.25, 0.3) is 4.96 Å². The zero-order valence-electron chi connectivity index (χ0n) is 14.5. The van der Waals surface area contributed by atoms with Crippen LogP contribution in [-0.2, 0) is 10.0 Å². The molecule has 1 aromatic carbocycles. The Kier molecular flexibility index (Phi) is 4.81. The summed E-state index contributed by atoms with van der Waals surface area (Å²) in [6.07, 6.45) is 0.614. The molecular weight excluding hydrogens is 360 g/mol. The van der Waals surface area contributed by atoms with Gasteiger partial charge in [-0.25, -0.2) is 18.1 Å². The molecule has 25 heavy (non-hydrogen) atoms. The lowest BCUT2D eigenvalue weighted by Gasteiger charge is -2.17. The van der Waals surface area contributed by atoms with Crippen molar-refractivity contribution in [3.05, 3.63) is 40.5 Å². The molecule has 2 heterocycles. The largest absolute Gasteiger partial charge is 0.497 e. The van der Waals surface area contributed by atoms with E-state index in [4.69, 9.17) is 4.74 Å². The highest BCUT2D eigenvalue weighted by Gasteiger charge is 2.28. The van der Waals surface area contributed by atoms with Crippen molar-refractivity contribution < 1.29 is 13.2 Å². The second kappa shape index (κ2) is 6.74. The summed E-state index contributed by atoms with van der Waals surface area (Å²) in [5.74, 6) is 0.729. The van der Waals surface area contributed by atoms with E-state index in [1.807, 2.05) is 38.1 Å². The average Bonchev–Trinajstić information content (AvgIpc) is 3.06. The van der Waals surface area contributed by atoms with E-state index >= 15 is 0 Å². The first-order chi connectivity index (χ1) is 11.9. The summed E-state index contributed by atoms with van der Waals surface area (Å²) in [7, 11) is -2.18. The third-order valence-electron chi connectivity index (χ3n) is 3.90. The number of benzene rings is 1. The predicted octanol–water partition coefficient (Wildman–Crippen LogP) is 2.85. The number of sulfonamides is 1. The topological polar surface area (TPSA) is 85.6 Å². The highest BCUT2D eigenvalue weighted by atomic mass is 32.2. The van der Waals surface area contributed by atoms with E-state index in [1.165, 1.54) is 15.9 Å². The molecule has 3 aromatic rings. The summed E-state index contributed by atoms with van der Waals surface area (Å²) in [6, 6.07) is 7.01. The second-order valence-electron chi connectivity index (χ2n) is 5.67. The van der Waals surface area contributed by atoms with Crippen molar-refractivity contribution in [2.75, 3.05) is 7.11 Å². The minimum absolute atomic E-state index is 0.0961. The molecule has 134 valence electrons. The number of aromatic nitrogens is 3. The number of imidazole rings is 1. The molecule has 7 nitrogen and oxygen atoms in total. The minimum atomic E-state index is -3.77. The number of hydrogen-bond acceptors (Lipinski definition) is 6. The fourth-order valence-corrected chi connectivity index (χ4v) is 5.13. The fraction of sp³-hybridized carbons (Fsp3) is 0.375. The molecule has 0 saturated heterocycles. The lowest BCUT2D eigenvalue weighted by molar-refractivity contribution is 0.414. The van der Waals surface area contributed by atoms with Crippen molar-refractivity contribution in [3.8, 4) is 5.75 Å². The molecule has 0 aliphatic heterocycles. The Bertz CT molecular complexity index is 990. The van der Waals surface area contributed by atoms with Gasteiger partial charge in [0.1, 0.15) is 10.8 Å². The molecule has 0 aliphatic rings. The highest BCUT2D eigenvalue weighted by Crippen LogP contribution is 2.25. The molecule has 0 bridgehead atoms. The Hall–Kier alpha value is -1.97. The fourth-order valence-electron chi connectivity index (χ4n) is 2.70. The van der Waals surface area contributed by atoms with Gasteiger partial charge in [-0.2, -0.15) is 9.61 Å². The SMILES string of the molecule is CC[C@@H](NS(=O)(=O)c1c(C)nc2sc(C)nn12)c1ccc(OC)cc1. The average molecular weight is 380 g/mol. The van der Waals surface area contributed by atoms with E-state index in [0.29, 0.717) is 17.1 Å². The van der Waals surface area contributed by atoms with Crippen LogP contribution in [-0.4, -0.2) is 30.1 Å². The summed E-state index contributed by atoms with van der Waals surface area (Å²) >= 11 is 1.36. The van der Waals surface area contributed by atoms with Gasteiger partial charge in [0, 0.05) is 6.04 Å². The van der Waals surface area contributed by atoms with Crippen LogP contribution in [0.4, 0.5) is 0 Å². The number of hydrogen-bond donors (Lipinski definition) is 1. The van der Waals surface area contributed by atoms with Crippen LogP contribution in [0.1, 0.15) is 35.7 Å². The summed E-state index contributed by atoms with van der Waals surface area (Å²) in [5.41, 5.74) is 1.32.